The number of aromatic nitrogens is 3. The smallest absolute Gasteiger partial charge is 0.225 e. The van der Waals surface area contributed by atoms with Crippen molar-refractivity contribution in [3.63, 3.8) is 0 Å². The molecular formula is C19H19N5. The molecule has 0 atom stereocenters. The maximum absolute atomic E-state index is 4.65. The Balaban J connectivity index is 1.59. The van der Waals surface area contributed by atoms with Gasteiger partial charge in [0.05, 0.1) is 5.69 Å². The number of benzene rings is 1. The van der Waals surface area contributed by atoms with Gasteiger partial charge in [0.25, 0.3) is 0 Å². The summed E-state index contributed by atoms with van der Waals surface area (Å²) in [5, 5.41) is 6.79. The molecule has 1 fully saturated rings. The summed E-state index contributed by atoms with van der Waals surface area (Å²) >= 11 is 0. The predicted molar refractivity (Wildman–Crippen MR) is 95.7 cm³/mol. The molecule has 4 rings (SSSR count). The lowest BCUT2D eigenvalue weighted by molar-refractivity contribution is 1.04. The van der Waals surface area contributed by atoms with Crippen LogP contribution < -0.4 is 10.6 Å². The van der Waals surface area contributed by atoms with Crippen LogP contribution in [0.4, 0.5) is 11.8 Å². The third-order valence-corrected chi connectivity index (χ3v) is 3.93. The number of rotatable bonds is 6. The molecule has 2 aromatic heterocycles. The van der Waals surface area contributed by atoms with Crippen LogP contribution in [0.1, 0.15) is 18.4 Å². The second-order valence-electron chi connectivity index (χ2n) is 5.96. The van der Waals surface area contributed by atoms with E-state index in [4.69, 9.17) is 0 Å². The zero-order chi connectivity index (χ0) is 16.2. The van der Waals surface area contributed by atoms with Crippen LogP contribution in [0.3, 0.4) is 0 Å². The summed E-state index contributed by atoms with van der Waals surface area (Å²) in [6.07, 6.45) is 5.94. The van der Waals surface area contributed by atoms with E-state index >= 15 is 0 Å². The van der Waals surface area contributed by atoms with E-state index in [1.54, 1.807) is 12.4 Å². The topological polar surface area (TPSA) is 62.7 Å². The monoisotopic (exact) mass is 317 g/mol. The molecule has 1 saturated carbocycles. The lowest BCUT2D eigenvalue weighted by Crippen LogP contribution is -2.09. The molecule has 0 bridgehead atoms. The minimum atomic E-state index is 0.514. The highest BCUT2D eigenvalue weighted by atomic mass is 15.2. The van der Waals surface area contributed by atoms with E-state index in [0.717, 1.165) is 23.6 Å². The van der Waals surface area contributed by atoms with Crippen LogP contribution in [0.2, 0.25) is 0 Å². The molecule has 2 N–H and O–H groups in total. The van der Waals surface area contributed by atoms with Crippen molar-refractivity contribution in [1.29, 1.82) is 0 Å². The van der Waals surface area contributed by atoms with E-state index in [2.05, 4.69) is 37.7 Å². The summed E-state index contributed by atoms with van der Waals surface area (Å²) in [4.78, 5) is 13.3. The molecule has 0 spiro atoms. The molecule has 2 heterocycles. The average molecular weight is 317 g/mol. The molecule has 0 unspecified atom stereocenters. The molecule has 0 radical (unpaired) electrons. The lowest BCUT2D eigenvalue weighted by atomic mass is 10.2. The van der Waals surface area contributed by atoms with Crippen molar-refractivity contribution in [3.05, 3.63) is 66.5 Å². The highest BCUT2D eigenvalue weighted by Crippen LogP contribution is 2.26. The van der Waals surface area contributed by atoms with Crippen LogP contribution in [0.25, 0.3) is 11.3 Å². The van der Waals surface area contributed by atoms with E-state index in [9.17, 15) is 0 Å². The van der Waals surface area contributed by atoms with Crippen LogP contribution >= 0.6 is 0 Å². The minimum Gasteiger partial charge on any atom is -0.366 e. The first-order valence-corrected chi connectivity index (χ1v) is 8.21. The Morgan fingerprint density at radius 2 is 1.75 bits per heavy atom. The van der Waals surface area contributed by atoms with Crippen LogP contribution in [0, 0.1) is 0 Å². The fraction of sp³-hybridized carbons (Fsp3) is 0.211. The van der Waals surface area contributed by atoms with Gasteiger partial charge in [-0.2, -0.15) is 4.98 Å². The maximum atomic E-state index is 4.65. The van der Waals surface area contributed by atoms with Gasteiger partial charge in [-0.15, -0.1) is 0 Å². The number of hydrogen-bond acceptors (Lipinski definition) is 5. The van der Waals surface area contributed by atoms with Gasteiger partial charge >= 0.3 is 0 Å². The van der Waals surface area contributed by atoms with Gasteiger partial charge in [0.1, 0.15) is 5.82 Å². The molecule has 0 aliphatic heterocycles. The van der Waals surface area contributed by atoms with Gasteiger partial charge in [-0.3, -0.25) is 4.98 Å². The van der Waals surface area contributed by atoms with Gasteiger partial charge in [-0.1, -0.05) is 30.3 Å². The average Bonchev–Trinajstić information content (AvgIpc) is 3.45. The number of hydrogen-bond donors (Lipinski definition) is 2. The minimum absolute atomic E-state index is 0.514. The Morgan fingerprint density at radius 3 is 2.50 bits per heavy atom. The van der Waals surface area contributed by atoms with Crippen molar-refractivity contribution in [3.8, 4) is 11.3 Å². The zero-order valence-corrected chi connectivity index (χ0v) is 13.3. The molecule has 120 valence electrons. The fourth-order valence-corrected chi connectivity index (χ4v) is 2.47. The van der Waals surface area contributed by atoms with Crippen LogP contribution in [0.5, 0.6) is 0 Å². The van der Waals surface area contributed by atoms with Gasteiger partial charge in [-0.25, -0.2) is 4.98 Å². The summed E-state index contributed by atoms with van der Waals surface area (Å²) < 4.78 is 0. The van der Waals surface area contributed by atoms with Crippen LogP contribution in [-0.2, 0) is 6.54 Å². The Bertz CT molecular complexity index is 801. The summed E-state index contributed by atoms with van der Waals surface area (Å²) in [6.45, 7) is 0.733. The molecule has 0 saturated heterocycles. The standard InChI is InChI=1S/C19H19N5/c1-2-4-14(5-3-1)13-21-18-12-17(15-8-10-20-11-9-15)23-19(24-18)22-16-6-7-16/h1-5,8-12,16H,6-7,13H2,(H2,21,22,23,24). The Kier molecular flexibility index (Phi) is 4.06. The first kappa shape index (κ1) is 14.6. The Morgan fingerprint density at radius 1 is 0.958 bits per heavy atom. The predicted octanol–water partition coefficient (Wildman–Crippen LogP) is 3.73. The van der Waals surface area contributed by atoms with Gasteiger partial charge in [0, 0.05) is 36.6 Å². The van der Waals surface area contributed by atoms with Crippen LogP contribution in [-0.4, -0.2) is 21.0 Å². The second-order valence-corrected chi connectivity index (χ2v) is 5.96. The largest absolute Gasteiger partial charge is 0.366 e. The van der Waals surface area contributed by atoms with E-state index in [1.165, 1.54) is 18.4 Å². The Labute approximate surface area is 141 Å². The normalized spacial score (nSPS) is 13.5. The van der Waals surface area contributed by atoms with Crippen molar-refractivity contribution in [1.82, 2.24) is 15.0 Å². The van der Waals surface area contributed by atoms with E-state index in [0.29, 0.717) is 12.0 Å². The van der Waals surface area contributed by atoms with Crippen LogP contribution in [0.15, 0.2) is 60.9 Å². The summed E-state index contributed by atoms with van der Waals surface area (Å²) in [5.41, 5.74) is 3.15. The van der Waals surface area contributed by atoms with Crippen molar-refractivity contribution in [2.45, 2.75) is 25.4 Å². The van der Waals surface area contributed by atoms with Crippen molar-refractivity contribution >= 4 is 11.8 Å². The fourth-order valence-electron chi connectivity index (χ4n) is 2.47. The van der Waals surface area contributed by atoms with Gasteiger partial charge in [0.2, 0.25) is 5.95 Å². The number of nitrogens with zero attached hydrogens (tertiary/aromatic N) is 3. The number of pyridine rings is 1. The molecular weight excluding hydrogens is 298 g/mol. The summed E-state index contributed by atoms with van der Waals surface area (Å²) in [7, 11) is 0. The maximum Gasteiger partial charge on any atom is 0.225 e. The lowest BCUT2D eigenvalue weighted by Gasteiger charge is -2.11. The van der Waals surface area contributed by atoms with E-state index in [-0.39, 0.29) is 0 Å². The summed E-state index contributed by atoms with van der Waals surface area (Å²) in [6, 6.07) is 16.7. The highest BCUT2D eigenvalue weighted by molar-refractivity contribution is 5.64. The molecule has 3 aromatic rings. The molecule has 5 nitrogen and oxygen atoms in total. The van der Waals surface area contributed by atoms with Gasteiger partial charge in [0.15, 0.2) is 0 Å². The summed E-state index contributed by atoms with van der Waals surface area (Å²) in [5.74, 6) is 1.51. The highest BCUT2D eigenvalue weighted by Gasteiger charge is 2.22. The number of anilines is 2. The van der Waals surface area contributed by atoms with E-state index < -0.39 is 0 Å². The molecule has 1 aliphatic rings. The second kappa shape index (κ2) is 6.66. The van der Waals surface area contributed by atoms with Gasteiger partial charge in [-0.05, 0) is 30.5 Å². The molecule has 1 aliphatic carbocycles. The van der Waals surface area contributed by atoms with Gasteiger partial charge < -0.3 is 10.6 Å². The molecule has 5 heteroatoms. The van der Waals surface area contributed by atoms with Crippen molar-refractivity contribution in [2.75, 3.05) is 10.6 Å². The van der Waals surface area contributed by atoms with Crippen molar-refractivity contribution in [2.24, 2.45) is 0 Å². The zero-order valence-electron chi connectivity index (χ0n) is 13.3. The third kappa shape index (κ3) is 3.68. The van der Waals surface area contributed by atoms with E-state index in [1.807, 2.05) is 36.4 Å². The SMILES string of the molecule is c1ccc(CNc2cc(-c3ccncc3)nc(NC3CC3)n2)cc1. The molecule has 24 heavy (non-hydrogen) atoms. The first-order valence-electron chi connectivity index (χ1n) is 8.21. The molecule has 1 aromatic carbocycles. The quantitative estimate of drug-likeness (QED) is 0.725. The third-order valence-electron chi connectivity index (χ3n) is 3.93. The van der Waals surface area contributed by atoms with Crippen molar-refractivity contribution < 1.29 is 0 Å². The molecule has 0 amide bonds. The Hall–Kier alpha value is -2.95. The first-order chi connectivity index (χ1) is 11.9. The number of nitrogens with one attached hydrogen (secondary N) is 2.